The molecule has 1 aromatic heterocycles. The maximum atomic E-state index is 8.82. The van der Waals surface area contributed by atoms with Gasteiger partial charge >= 0.3 is 0 Å². The van der Waals surface area contributed by atoms with Gasteiger partial charge in [-0.15, -0.1) is 0 Å². The van der Waals surface area contributed by atoms with Crippen molar-refractivity contribution in [3.05, 3.63) is 23.9 Å². The van der Waals surface area contributed by atoms with E-state index in [2.05, 4.69) is 21.3 Å². The molecule has 88 valence electrons. The van der Waals surface area contributed by atoms with E-state index in [0.29, 0.717) is 11.7 Å². The second-order valence-electron chi connectivity index (χ2n) is 4.91. The maximum absolute atomic E-state index is 8.82. The number of hydrogen-bond donors (Lipinski definition) is 1. The first kappa shape index (κ1) is 10.5. The molecule has 1 aromatic rings. The predicted molar refractivity (Wildman–Crippen MR) is 65.5 cm³/mol. The van der Waals surface area contributed by atoms with Crippen molar-refractivity contribution in [1.29, 1.82) is 5.26 Å². The van der Waals surface area contributed by atoms with Crippen molar-refractivity contribution in [2.75, 3.05) is 25.0 Å². The highest BCUT2D eigenvalue weighted by molar-refractivity contribution is 5.39. The summed E-state index contributed by atoms with van der Waals surface area (Å²) in [5.41, 5.74) is 0.483. The first-order valence-electron chi connectivity index (χ1n) is 6.21. The van der Waals surface area contributed by atoms with Crippen LogP contribution in [0.15, 0.2) is 18.2 Å². The molecule has 1 unspecified atom stereocenters. The van der Waals surface area contributed by atoms with Crippen molar-refractivity contribution >= 4 is 5.82 Å². The number of pyridine rings is 1. The van der Waals surface area contributed by atoms with E-state index in [-0.39, 0.29) is 0 Å². The molecule has 3 aliphatic rings. The van der Waals surface area contributed by atoms with Crippen molar-refractivity contribution < 1.29 is 0 Å². The third-order valence-corrected chi connectivity index (χ3v) is 3.85. The van der Waals surface area contributed by atoms with E-state index in [9.17, 15) is 0 Å². The van der Waals surface area contributed by atoms with Crippen LogP contribution in [0.3, 0.4) is 0 Å². The number of nitrogens with one attached hydrogen (secondary N) is 1. The first-order chi connectivity index (χ1) is 8.35. The molecule has 0 radical (unpaired) electrons. The number of fused-ring (bicyclic) bond motifs is 3. The SMILES string of the molecule is N#Cc1cccc(NC2CN3CCC2CC3)n1. The van der Waals surface area contributed by atoms with Gasteiger partial charge in [-0.05, 0) is 44.0 Å². The highest BCUT2D eigenvalue weighted by Gasteiger charge is 2.34. The van der Waals surface area contributed by atoms with Crippen LogP contribution in [0.5, 0.6) is 0 Å². The molecular formula is C13H16N4. The summed E-state index contributed by atoms with van der Waals surface area (Å²) in [6.45, 7) is 3.60. The first-order valence-corrected chi connectivity index (χ1v) is 6.21. The molecule has 3 aliphatic heterocycles. The fraction of sp³-hybridized carbons (Fsp3) is 0.538. The molecule has 1 atom stereocenters. The quantitative estimate of drug-likeness (QED) is 0.832. The van der Waals surface area contributed by atoms with Gasteiger partial charge in [0, 0.05) is 12.6 Å². The monoisotopic (exact) mass is 228 g/mol. The van der Waals surface area contributed by atoms with Crippen LogP contribution >= 0.6 is 0 Å². The van der Waals surface area contributed by atoms with Gasteiger partial charge in [0.15, 0.2) is 0 Å². The minimum Gasteiger partial charge on any atom is -0.366 e. The van der Waals surface area contributed by atoms with Crippen LogP contribution < -0.4 is 5.32 Å². The number of anilines is 1. The number of nitriles is 1. The summed E-state index contributed by atoms with van der Waals surface area (Å²) in [4.78, 5) is 6.78. The fourth-order valence-electron chi connectivity index (χ4n) is 2.90. The summed E-state index contributed by atoms with van der Waals surface area (Å²) in [6, 6.07) is 8.14. The van der Waals surface area contributed by atoms with Crippen molar-refractivity contribution in [1.82, 2.24) is 9.88 Å². The van der Waals surface area contributed by atoms with E-state index >= 15 is 0 Å². The van der Waals surface area contributed by atoms with Gasteiger partial charge in [0.2, 0.25) is 0 Å². The zero-order chi connectivity index (χ0) is 11.7. The molecule has 4 rings (SSSR count). The molecule has 0 spiro atoms. The van der Waals surface area contributed by atoms with E-state index in [0.717, 1.165) is 18.3 Å². The van der Waals surface area contributed by atoms with Crippen molar-refractivity contribution in [3.63, 3.8) is 0 Å². The smallest absolute Gasteiger partial charge is 0.142 e. The van der Waals surface area contributed by atoms with Crippen molar-refractivity contribution in [3.8, 4) is 6.07 Å². The zero-order valence-corrected chi connectivity index (χ0v) is 9.76. The van der Waals surface area contributed by atoms with E-state index in [1.54, 1.807) is 6.07 Å². The largest absolute Gasteiger partial charge is 0.366 e. The Kier molecular flexibility index (Phi) is 2.69. The zero-order valence-electron chi connectivity index (χ0n) is 9.76. The topological polar surface area (TPSA) is 52.0 Å². The van der Waals surface area contributed by atoms with E-state index in [1.165, 1.54) is 25.9 Å². The minimum atomic E-state index is 0.483. The van der Waals surface area contributed by atoms with Gasteiger partial charge in [-0.3, -0.25) is 0 Å². The number of piperidine rings is 3. The minimum absolute atomic E-state index is 0.483. The van der Waals surface area contributed by atoms with Crippen molar-refractivity contribution in [2.45, 2.75) is 18.9 Å². The van der Waals surface area contributed by atoms with Crippen LogP contribution in [0.1, 0.15) is 18.5 Å². The lowest BCUT2D eigenvalue weighted by molar-refractivity contribution is 0.0974. The Morgan fingerprint density at radius 2 is 2.18 bits per heavy atom. The summed E-state index contributed by atoms with van der Waals surface area (Å²) in [6.07, 6.45) is 2.57. The van der Waals surface area contributed by atoms with E-state index < -0.39 is 0 Å². The number of aromatic nitrogens is 1. The standard InChI is InChI=1S/C13H16N4/c14-8-11-2-1-3-13(15-11)16-12-9-17-6-4-10(12)5-7-17/h1-3,10,12H,4-7,9H2,(H,15,16). The lowest BCUT2D eigenvalue weighted by Crippen LogP contribution is -2.53. The van der Waals surface area contributed by atoms with Gasteiger partial charge in [0.1, 0.15) is 17.6 Å². The third-order valence-electron chi connectivity index (χ3n) is 3.85. The van der Waals surface area contributed by atoms with Gasteiger partial charge in [0.05, 0.1) is 0 Å². The summed E-state index contributed by atoms with van der Waals surface area (Å²) < 4.78 is 0. The molecule has 4 heterocycles. The molecule has 3 fully saturated rings. The van der Waals surface area contributed by atoms with E-state index in [1.807, 2.05) is 12.1 Å². The Balaban J connectivity index is 1.72. The highest BCUT2D eigenvalue weighted by Crippen LogP contribution is 2.29. The molecule has 1 N–H and O–H groups in total. The Bertz CT molecular complexity index is 443. The average molecular weight is 228 g/mol. The average Bonchev–Trinajstić information content (AvgIpc) is 2.40. The molecule has 4 heteroatoms. The molecule has 0 amide bonds. The summed E-state index contributed by atoms with van der Waals surface area (Å²) in [7, 11) is 0. The summed E-state index contributed by atoms with van der Waals surface area (Å²) in [5.74, 6) is 1.61. The fourth-order valence-corrected chi connectivity index (χ4v) is 2.90. The summed E-state index contributed by atoms with van der Waals surface area (Å²) >= 11 is 0. The van der Waals surface area contributed by atoms with Crippen LogP contribution in [-0.4, -0.2) is 35.6 Å². The Labute approximate surface area is 101 Å². The number of hydrogen-bond acceptors (Lipinski definition) is 4. The summed E-state index contributed by atoms with van der Waals surface area (Å²) in [5, 5.41) is 12.3. The van der Waals surface area contributed by atoms with Crippen LogP contribution in [0, 0.1) is 17.2 Å². The number of nitrogens with zero attached hydrogens (tertiary/aromatic N) is 3. The molecule has 0 aromatic carbocycles. The second kappa shape index (κ2) is 4.34. The van der Waals surface area contributed by atoms with Crippen LogP contribution in [0.2, 0.25) is 0 Å². The van der Waals surface area contributed by atoms with Gasteiger partial charge in [-0.2, -0.15) is 5.26 Å². The Morgan fingerprint density at radius 3 is 2.82 bits per heavy atom. The number of rotatable bonds is 2. The second-order valence-corrected chi connectivity index (χ2v) is 4.91. The van der Waals surface area contributed by atoms with Crippen LogP contribution in [0.4, 0.5) is 5.82 Å². The maximum Gasteiger partial charge on any atom is 0.142 e. The van der Waals surface area contributed by atoms with E-state index in [4.69, 9.17) is 5.26 Å². The van der Waals surface area contributed by atoms with Crippen molar-refractivity contribution in [2.24, 2.45) is 5.92 Å². The highest BCUT2D eigenvalue weighted by atomic mass is 15.2. The lowest BCUT2D eigenvalue weighted by atomic mass is 9.84. The molecule has 3 saturated heterocycles. The third kappa shape index (κ3) is 2.11. The van der Waals surface area contributed by atoms with Gasteiger partial charge < -0.3 is 10.2 Å². The molecule has 0 aliphatic carbocycles. The normalized spacial score (nSPS) is 30.9. The lowest BCUT2D eigenvalue weighted by Gasteiger charge is -2.45. The molecule has 17 heavy (non-hydrogen) atoms. The molecular weight excluding hydrogens is 212 g/mol. The van der Waals surface area contributed by atoms with Gasteiger partial charge in [0.25, 0.3) is 0 Å². The van der Waals surface area contributed by atoms with Crippen LogP contribution in [-0.2, 0) is 0 Å². The Morgan fingerprint density at radius 1 is 1.35 bits per heavy atom. The predicted octanol–water partition coefficient (Wildman–Crippen LogP) is 1.46. The Hall–Kier alpha value is -1.60. The van der Waals surface area contributed by atoms with Crippen LogP contribution in [0.25, 0.3) is 0 Å². The van der Waals surface area contributed by atoms with Gasteiger partial charge in [-0.1, -0.05) is 6.07 Å². The van der Waals surface area contributed by atoms with Gasteiger partial charge in [-0.25, -0.2) is 4.98 Å². The molecule has 0 saturated carbocycles. The molecule has 2 bridgehead atoms. The molecule has 4 nitrogen and oxygen atoms in total.